The van der Waals surface area contributed by atoms with Gasteiger partial charge >= 0.3 is 6.05 Å². The van der Waals surface area contributed by atoms with E-state index in [2.05, 4.69) is 10.4 Å². The van der Waals surface area contributed by atoms with Crippen LogP contribution in [0.4, 0.5) is 14.5 Å². The van der Waals surface area contributed by atoms with Crippen molar-refractivity contribution >= 4 is 35.0 Å². The van der Waals surface area contributed by atoms with E-state index in [1.807, 2.05) is 60.7 Å². The van der Waals surface area contributed by atoms with Crippen LogP contribution in [0.5, 0.6) is 5.75 Å². The number of carbonyl (C=O) groups excluding carboxylic acids is 1. The van der Waals surface area contributed by atoms with Crippen molar-refractivity contribution in [3.05, 3.63) is 107 Å². The highest BCUT2D eigenvalue weighted by Crippen LogP contribution is 2.31. The molecule has 0 aliphatic carbocycles. The van der Waals surface area contributed by atoms with Gasteiger partial charge in [0, 0.05) is 33.3 Å². The van der Waals surface area contributed by atoms with Gasteiger partial charge in [-0.2, -0.15) is 13.9 Å². The van der Waals surface area contributed by atoms with E-state index < -0.39 is 6.05 Å². The van der Waals surface area contributed by atoms with Gasteiger partial charge in [0.1, 0.15) is 6.61 Å². The third-order valence-corrected chi connectivity index (χ3v) is 7.15. The average molecular weight is 542 g/mol. The highest BCUT2D eigenvalue weighted by molar-refractivity contribution is 7.98. The molecule has 192 valence electrons. The fourth-order valence-corrected chi connectivity index (χ4v) is 4.76. The number of halogens is 3. The van der Waals surface area contributed by atoms with Gasteiger partial charge in [0.15, 0.2) is 5.75 Å². The summed E-state index contributed by atoms with van der Waals surface area (Å²) in [7, 11) is 0. The second kappa shape index (κ2) is 12.3. The maximum atomic E-state index is 13.9. The summed E-state index contributed by atoms with van der Waals surface area (Å²) in [5, 5.41) is 7.22. The molecule has 0 saturated heterocycles. The number of amides is 1. The number of hydrogen-bond acceptors (Lipinski definition) is 4. The molecule has 0 radical (unpaired) electrons. The first kappa shape index (κ1) is 26.7. The van der Waals surface area contributed by atoms with Crippen molar-refractivity contribution < 1.29 is 18.3 Å². The van der Waals surface area contributed by atoms with E-state index in [0.717, 1.165) is 21.6 Å². The lowest BCUT2D eigenvalue weighted by Crippen LogP contribution is -2.22. The zero-order chi connectivity index (χ0) is 26.3. The Morgan fingerprint density at radius 2 is 1.84 bits per heavy atom. The van der Waals surface area contributed by atoms with Gasteiger partial charge in [-0.3, -0.25) is 4.79 Å². The summed E-state index contributed by atoms with van der Waals surface area (Å²) in [6, 6.07) is 19.7. The van der Waals surface area contributed by atoms with Crippen LogP contribution in [0.3, 0.4) is 0 Å². The SMILES string of the molecule is CCC(F)(F)n1cc(OCc2ccc(NC(=O)Cc3ccccc3Cl)cc2SCc2ccccc2)cn1. The second-order valence-electron chi connectivity index (χ2n) is 8.34. The van der Waals surface area contributed by atoms with E-state index in [4.69, 9.17) is 16.3 Å². The molecule has 0 spiro atoms. The van der Waals surface area contributed by atoms with E-state index >= 15 is 0 Å². The molecule has 0 fully saturated rings. The molecule has 4 rings (SSSR count). The highest BCUT2D eigenvalue weighted by Gasteiger charge is 2.29. The number of alkyl halides is 2. The zero-order valence-corrected chi connectivity index (χ0v) is 21.7. The van der Waals surface area contributed by atoms with Crippen LogP contribution in [0.25, 0.3) is 0 Å². The van der Waals surface area contributed by atoms with Gasteiger partial charge in [0.25, 0.3) is 0 Å². The van der Waals surface area contributed by atoms with E-state index in [-0.39, 0.29) is 31.1 Å². The molecule has 37 heavy (non-hydrogen) atoms. The molecule has 1 heterocycles. The van der Waals surface area contributed by atoms with Crippen molar-refractivity contribution in [3.63, 3.8) is 0 Å². The summed E-state index contributed by atoms with van der Waals surface area (Å²) in [4.78, 5) is 13.6. The fourth-order valence-electron chi connectivity index (χ4n) is 3.52. The predicted octanol–water partition coefficient (Wildman–Crippen LogP) is 7.55. The Morgan fingerprint density at radius 1 is 1.08 bits per heavy atom. The molecule has 4 aromatic rings. The Balaban J connectivity index is 1.48. The van der Waals surface area contributed by atoms with Crippen LogP contribution in [0.1, 0.15) is 30.0 Å². The summed E-state index contributed by atoms with van der Waals surface area (Å²) in [5.41, 5.74) is 3.40. The summed E-state index contributed by atoms with van der Waals surface area (Å²) >= 11 is 7.79. The zero-order valence-electron chi connectivity index (χ0n) is 20.2. The first-order valence-electron chi connectivity index (χ1n) is 11.7. The van der Waals surface area contributed by atoms with Gasteiger partial charge in [-0.1, -0.05) is 73.1 Å². The quantitative estimate of drug-likeness (QED) is 0.199. The Labute approximate surface area is 223 Å². The van der Waals surface area contributed by atoms with Crippen molar-refractivity contribution in [2.24, 2.45) is 0 Å². The first-order valence-corrected chi connectivity index (χ1v) is 13.1. The third kappa shape index (κ3) is 7.33. The maximum absolute atomic E-state index is 13.9. The number of carbonyl (C=O) groups is 1. The number of thioether (sulfide) groups is 1. The molecule has 0 atom stereocenters. The molecule has 1 amide bonds. The second-order valence-corrected chi connectivity index (χ2v) is 9.77. The van der Waals surface area contributed by atoms with Crippen LogP contribution < -0.4 is 10.1 Å². The number of aromatic nitrogens is 2. The summed E-state index contributed by atoms with van der Waals surface area (Å²) in [6.07, 6.45) is 2.27. The number of hydrogen-bond donors (Lipinski definition) is 1. The minimum absolute atomic E-state index is 0.156. The normalized spacial score (nSPS) is 11.4. The Hall–Kier alpha value is -3.36. The monoisotopic (exact) mass is 541 g/mol. The predicted molar refractivity (Wildman–Crippen MR) is 143 cm³/mol. The molecule has 3 aromatic carbocycles. The van der Waals surface area contributed by atoms with E-state index in [1.54, 1.807) is 23.9 Å². The van der Waals surface area contributed by atoms with Crippen LogP contribution in [0, 0.1) is 0 Å². The summed E-state index contributed by atoms with van der Waals surface area (Å²) in [5.74, 6) is 0.788. The summed E-state index contributed by atoms with van der Waals surface area (Å²) < 4.78 is 34.2. The van der Waals surface area contributed by atoms with E-state index in [0.29, 0.717) is 21.1 Å². The Kier molecular flexibility index (Phi) is 8.84. The van der Waals surface area contributed by atoms with Gasteiger partial charge < -0.3 is 10.1 Å². The Bertz CT molecular complexity index is 1350. The molecule has 0 saturated carbocycles. The molecular formula is C28H26ClF2N3O2S. The molecular weight excluding hydrogens is 516 g/mol. The molecule has 1 N–H and O–H groups in total. The van der Waals surface area contributed by atoms with Gasteiger partial charge in [-0.25, -0.2) is 4.68 Å². The van der Waals surface area contributed by atoms with Gasteiger partial charge in [0.05, 0.1) is 18.8 Å². The van der Waals surface area contributed by atoms with Crippen molar-refractivity contribution in [3.8, 4) is 5.75 Å². The highest BCUT2D eigenvalue weighted by atomic mass is 35.5. The largest absolute Gasteiger partial charge is 0.486 e. The van der Waals surface area contributed by atoms with Crippen LogP contribution in [-0.4, -0.2) is 15.7 Å². The number of nitrogens with one attached hydrogen (secondary N) is 1. The fraction of sp³-hybridized carbons (Fsp3) is 0.214. The van der Waals surface area contributed by atoms with Crippen molar-refractivity contribution in [1.82, 2.24) is 9.78 Å². The maximum Gasteiger partial charge on any atom is 0.343 e. The molecule has 0 bridgehead atoms. The van der Waals surface area contributed by atoms with Gasteiger partial charge in [-0.05, 0) is 29.3 Å². The van der Waals surface area contributed by atoms with Crippen LogP contribution in [0.2, 0.25) is 5.02 Å². The first-order chi connectivity index (χ1) is 17.8. The molecule has 9 heteroatoms. The topological polar surface area (TPSA) is 56.1 Å². The molecule has 5 nitrogen and oxygen atoms in total. The number of rotatable bonds is 11. The lowest BCUT2D eigenvalue weighted by Gasteiger charge is -2.14. The van der Waals surface area contributed by atoms with Gasteiger partial charge in [0.2, 0.25) is 5.91 Å². The lowest BCUT2D eigenvalue weighted by atomic mass is 10.1. The van der Waals surface area contributed by atoms with Crippen molar-refractivity contribution in [2.45, 2.75) is 43.1 Å². The van der Waals surface area contributed by atoms with Crippen LogP contribution in [-0.2, 0) is 29.6 Å². The molecule has 0 aliphatic rings. The van der Waals surface area contributed by atoms with Gasteiger partial charge in [-0.15, -0.1) is 11.8 Å². The number of benzene rings is 3. The molecule has 0 unspecified atom stereocenters. The van der Waals surface area contributed by atoms with Crippen molar-refractivity contribution in [1.29, 1.82) is 0 Å². The average Bonchev–Trinajstić information content (AvgIpc) is 3.39. The third-order valence-electron chi connectivity index (χ3n) is 5.61. The smallest absolute Gasteiger partial charge is 0.343 e. The minimum atomic E-state index is -3.07. The minimum Gasteiger partial charge on any atom is -0.486 e. The number of nitrogens with zero attached hydrogens (tertiary/aromatic N) is 2. The van der Waals surface area contributed by atoms with E-state index in [9.17, 15) is 13.6 Å². The van der Waals surface area contributed by atoms with Crippen LogP contribution >= 0.6 is 23.4 Å². The standard InChI is InChI=1S/C28H26ClF2N3O2S/c1-2-28(30,31)34-17-24(16-32-34)36-18-22-12-13-23(15-26(22)37-19-20-8-4-3-5-9-20)33-27(35)14-21-10-6-7-11-25(21)29/h3-13,15-17H,2,14,18-19H2,1H3,(H,33,35). The number of anilines is 1. The molecule has 0 aliphatic heterocycles. The number of ether oxygens (including phenoxy) is 1. The molecule has 1 aromatic heterocycles. The van der Waals surface area contributed by atoms with Crippen molar-refractivity contribution in [2.75, 3.05) is 5.32 Å². The summed E-state index contributed by atoms with van der Waals surface area (Å²) in [6.45, 7) is 1.56. The lowest BCUT2D eigenvalue weighted by molar-refractivity contribution is -0.115. The Morgan fingerprint density at radius 3 is 2.59 bits per heavy atom. The van der Waals surface area contributed by atoms with Crippen LogP contribution in [0.15, 0.2) is 90.1 Å². The van der Waals surface area contributed by atoms with E-state index in [1.165, 1.54) is 19.3 Å².